The molecule has 0 aliphatic carbocycles. The zero-order valence-corrected chi connectivity index (χ0v) is 17.8. The van der Waals surface area contributed by atoms with E-state index in [-0.39, 0.29) is 25.0 Å². The van der Waals surface area contributed by atoms with Gasteiger partial charge in [0.1, 0.15) is 11.3 Å². The highest BCUT2D eigenvalue weighted by Crippen LogP contribution is 2.29. The van der Waals surface area contributed by atoms with Gasteiger partial charge in [-0.1, -0.05) is 29.8 Å². The lowest BCUT2D eigenvalue weighted by Gasteiger charge is -2.30. The fraction of sp³-hybridized carbons (Fsp3) is 0.375. The van der Waals surface area contributed by atoms with Gasteiger partial charge in [-0.05, 0) is 50.5 Å². The van der Waals surface area contributed by atoms with Gasteiger partial charge in [0.2, 0.25) is 0 Å². The third kappa shape index (κ3) is 5.05. The van der Waals surface area contributed by atoms with Crippen molar-refractivity contribution in [3.63, 3.8) is 0 Å². The van der Waals surface area contributed by atoms with Crippen molar-refractivity contribution in [1.82, 2.24) is 9.88 Å². The smallest absolute Gasteiger partial charge is 0.344 e. The Morgan fingerprint density at radius 2 is 1.87 bits per heavy atom. The molecule has 4 rings (SSSR count). The first-order chi connectivity index (χ1) is 15.0. The minimum absolute atomic E-state index is 0.185. The van der Waals surface area contributed by atoms with Gasteiger partial charge in [0.15, 0.2) is 24.7 Å². The predicted molar refractivity (Wildman–Crippen MR) is 115 cm³/mol. The molecule has 0 radical (unpaired) electrons. The molecule has 7 heteroatoms. The number of oxazole rings is 1. The maximum atomic E-state index is 12.4. The Labute approximate surface area is 181 Å². The normalized spacial score (nSPS) is 14.6. The Bertz CT molecular complexity index is 1050. The van der Waals surface area contributed by atoms with Gasteiger partial charge < -0.3 is 18.8 Å². The quantitative estimate of drug-likeness (QED) is 0.563. The highest BCUT2D eigenvalue weighted by molar-refractivity contribution is 5.81. The first kappa shape index (κ1) is 20.9. The zero-order chi connectivity index (χ0) is 21.8. The van der Waals surface area contributed by atoms with Gasteiger partial charge in [-0.3, -0.25) is 4.79 Å². The van der Waals surface area contributed by atoms with E-state index in [1.807, 2.05) is 56.3 Å². The monoisotopic (exact) mass is 422 g/mol. The van der Waals surface area contributed by atoms with Crippen LogP contribution in [0.2, 0.25) is 0 Å². The summed E-state index contributed by atoms with van der Waals surface area (Å²) in [4.78, 5) is 30.7. The fourth-order valence-corrected chi connectivity index (χ4v) is 3.81. The van der Waals surface area contributed by atoms with Crippen molar-refractivity contribution in [2.24, 2.45) is 0 Å². The number of hydrogen-bond donors (Lipinski definition) is 0. The molecule has 1 aromatic heterocycles. The summed E-state index contributed by atoms with van der Waals surface area (Å²) in [6, 6.07) is 13.4. The molecule has 0 spiro atoms. The molecule has 1 saturated heterocycles. The summed E-state index contributed by atoms with van der Waals surface area (Å²) in [6.45, 7) is 4.58. The minimum Gasteiger partial charge on any atom is -0.482 e. The molecule has 162 valence electrons. The summed E-state index contributed by atoms with van der Waals surface area (Å²) < 4.78 is 16.5. The van der Waals surface area contributed by atoms with Gasteiger partial charge in [-0.15, -0.1) is 0 Å². The number of fused-ring (bicyclic) bond motifs is 1. The molecule has 2 aromatic carbocycles. The molecule has 2 heterocycles. The van der Waals surface area contributed by atoms with Gasteiger partial charge in [0, 0.05) is 19.0 Å². The van der Waals surface area contributed by atoms with E-state index in [1.54, 1.807) is 4.90 Å². The van der Waals surface area contributed by atoms with E-state index in [0.717, 1.165) is 41.0 Å². The number of hydrogen-bond acceptors (Lipinski definition) is 6. The first-order valence-corrected chi connectivity index (χ1v) is 10.5. The van der Waals surface area contributed by atoms with E-state index < -0.39 is 5.97 Å². The lowest BCUT2D eigenvalue weighted by Crippen LogP contribution is -2.40. The summed E-state index contributed by atoms with van der Waals surface area (Å²) in [5.74, 6) is 0.786. The van der Waals surface area contributed by atoms with Crippen LogP contribution in [0, 0.1) is 13.8 Å². The number of para-hydroxylation sites is 2. The SMILES string of the molecule is Cc1ccc(OCC(=O)OCC(=O)N2CCC(c3nc4ccccc4o3)CC2)c(C)c1. The van der Waals surface area contributed by atoms with E-state index in [0.29, 0.717) is 18.8 Å². The van der Waals surface area contributed by atoms with Crippen LogP contribution in [0.5, 0.6) is 5.75 Å². The van der Waals surface area contributed by atoms with Crippen molar-refractivity contribution in [2.75, 3.05) is 26.3 Å². The van der Waals surface area contributed by atoms with Crippen LogP contribution in [0.3, 0.4) is 0 Å². The molecule has 31 heavy (non-hydrogen) atoms. The molecular weight excluding hydrogens is 396 g/mol. The van der Waals surface area contributed by atoms with Crippen molar-refractivity contribution in [3.8, 4) is 5.75 Å². The maximum Gasteiger partial charge on any atom is 0.344 e. The van der Waals surface area contributed by atoms with Crippen molar-refractivity contribution in [3.05, 3.63) is 59.5 Å². The Morgan fingerprint density at radius 3 is 2.61 bits per heavy atom. The number of carbonyl (C=O) groups excluding carboxylic acids is 2. The lowest BCUT2D eigenvalue weighted by molar-refractivity contribution is -0.154. The molecule has 0 N–H and O–H groups in total. The van der Waals surface area contributed by atoms with Crippen molar-refractivity contribution < 1.29 is 23.5 Å². The molecule has 0 unspecified atom stereocenters. The number of nitrogens with zero attached hydrogens (tertiary/aromatic N) is 2. The number of carbonyl (C=O) groups is 2. The number of rotatable bonds is 6. The molecular formula is C24H26N2O5. The van der Waals surface area contributed by atoms with Crippen LogP contribution < -0.4 is 4.74 Å². The number of likely N-dealkylation sites (tertiary alicyclic amines) is 1. The largest absolute Gasteiger partial charge is 0.482 e. The summed E-state index contributed by atoms with van der Waals surface area (Å²) in [7, 11) is 0. The third-order valence-corrected chi connectivity index (χ3v) is 5.54. The molecule has 0 bridgehead atoms. The van der Waals surface area contributed by atoms with Gasteiger partial charge in [0.05, 0.1) is 0 Å². The Hall–Kier alpha value is -3.35. The van der Waals surface area contributed by atoms with E-state index in [4.69, 9.17) is 13.9 Å². The summed E-state index contributed by atoms with van der Waals surface area (Å²) in [6.07, 6.45) is 1.53. The summed E-state index contributed by atoms with van der Waals surface area (Å²) >= 11 is 0. The van der Waals surface area contributed by atoms with Crippen LogP contribution in [-0.2, 0) is 14.3 Å². The number of esters is 1. The van der Waals surface area contributed by atoms with Crippen molar-refractivity contribution >= 4 is 23.0 Å². The van der Waals surface area contributed by atoms with Crippen LogP contribution >= 0.6 is 0 Å². The fourth-order valence-electron chi connectivity index (χ4n) is 3.81. The first-order valence-electron chi connectivity index (χ1n) is 10.5. The molecule has 1 aliphatic heterocycles. The van der Waals surface area contributed by atoms with Gasteiger partial charge in [0.25, 0.3) is 5.91 Å². The summed E-state index contributed by atoms with van der Waals surface area (Å²) in [5.41, 5.74) is 3.71. The molecule has 1 fully saturated rings. The number of piperidine rings is 1. The van der Waals surface area contributed by atoms with Gasteiger partial charge in [-0.25, -0.2) is 9.78 Å². The van der Waals surface area contributed by atoms with Crippen molar-refractivity contribution in [2.45, 2.75) is 32.6 Å². The third-order valence-electron chi connectivity index (χ3n) is 5.54. The molecule has 1 aliphatic rings. The van der Waals surface area contributed by atoms with Crippen LogP contribution in [-0.4, -0.2) is 48.1 Å². The number of ether oxygens (including phenoxy) is 2. The Kier molecular flexibility index (Phi) is 6.21. The van der Waals surface area contributed by atoms with Crippen LogP contribution in [0.4, 0.5) is 0 Å². The predicted octanol–water partition coefficient (Wildman–Crippen LogP) is 3.77. The standard InChI is InChI=1S/C24H26N2O5/c1-16-7-8-20(17(2)13-16)29-15-23(28)30-14-22(27)26-11-9-18(10-12-26)24-25-19-5-3-4-6-21(19)31-24/h3-8,13,18H,9-12,14-15H2,1-2H3. The van der Waals surface area contributed by atoms with Gasteiger partial charge in [-0.2, -0.15) is 0 Å². The number of benzene rings is 2. The van der Waals surface area contributed by atoms with E-state index in [2.05, 4.69) is 4.98 Å². The summed E-state index contributed by atoms with van der Waals surface area (Å²) in [5, 5.41) is 0. The second-order valence-electron chi connectivity index (χ2n) is 7.89. The number of aromatic nitrogens is 1. The van der Waals surface area contributed by atoms with E-state index in [9.17, 15) is 9.59 Å². The van der Waals surface area contributed by atoms with Crippen LogP contribution in [0.15, 0.2) is 46.9 Å². The average Bonchev–Trinajstić information content (AvgIpc) is 3.21. The molecule has 7 nitrogen and oxygen atoms in total. The lowest BCUT2D eigenvalue weighted by atomic mass is 9.97. The Morgan fingerprint density at radius 1 is 1.10 bits per heavy atom. The highest BCUT2D eigenvalue weighted by atomic mass is 16.6. The average molecular weight is 422 g/mol. The van der Waals surface area contributed by atoms with Crippen LogP contribution in [0.1, 0.15) is 35.8 Å². The molecule has 3 aromatic rings. The topological polar surface area (TPSA) is 81.9 Å². The second kappa shape index (κ2) is 9.20. The minimum atomic E-state index is -0.560. The molecule has 1 amide bonds. The zero-order valence-electron chi connectivity index (χ0n) is 17.8. The number of amides is 1. The Balaban J connectivity index is 1.21. The second-order valence-corrected chi connectivity index (χ2v) is 7.89. The van der Waals surface area contributed by atoms with Gasteiger partial charge >= 0.3 is 5.97 Å². The number of aryl methyl sites for hydroxylation is 2. The maximum absolute atomic E-state index is 12.4. The highest BCUT2D eigenvalue weighted by Gasteiger charge is 2.27. The van der Waals surface area contributed by atoms with E-state index >= 15 is 0 Å². The van der Waals surface area contributed by atoms with E-state index in [1.165, 1.54) is 0 Å². The molecule has 0 saturated carbocycles. The van der Waals surface area contributed by atoms with Crippen molar-refractivity contribution in [1.29, 1.82) is 0 Å². The molecule has 0 atom stereocenters. The van der Waals surface area contributed by atoms with Crippen LogP contribution in [0.25, 0.3) is 11.1 Å².